The fourth-order valence-electron chi connectivity index (χ4n) is 3.77. The van der Waals surface area contributed by atoms with Crippen LogP contribution in [0.5, 0.6) is 0 Å². The molecule has 1 saturated heterocycles. The van der Waals surface area contributed by atoms with E-state index in [9.17, 15) is 4.79 Å². The lowest BCUT2D eigenvalue weighted by atomic mass is 9.90. The molecule has 8 nitrogen and oxygen atoms in total. The summed E-state index contributed by atoms with van der Waals surface area (Å²) in [7, 11) is 0. The number of aromatic nitrogens is 4. The predicted molar refractivity (Wildman–Crippen MR) is 134 cm³/mol. The number of halogens is 3. The number of ether oxygens (including phenoxy) is 1. The van der Waals surface area contributed by atoms with Crippen molar-refractivity contribution in [3.63, 3.8) is 0 Å². The molecule has 2 N–H and O–H groups in total. The molecular formula is C22H25BrCl2N6O2. The fourth-order valence-corrected chi connectivity index (χ4v) is 4.68. The zero-order chi connectivity index (χ0) is 24.0. The SMILES string of the molecule is CC1(NC(=O)OC(C)(C)C)CCN(c2nc3[nH]nc(-c4cccc(Cl)c4Cl)c3nc2Br)CC1. The van der Waals surface area contributed by atoms with Gasteiger partial charge in [0.05, 0.1) is 10.0 Å². The first kappa shape index (κ1) is 24.0. The van der Waals surface area contributed by atoms with E-state index in [4.69, 9.17) is 37.9 Å². The number of carbonyl (C=O) groups is 1. The van der Waals surface area contributed by atoms with Gasteiger partial charge in [-0.3, -0.25) is 5.10 Å². The van der Waals surface area contributed by atoms with E-state index >= 15 is 0 Å². The molecule has 0 bridgehead atoms. The van der Waals surface area contributed by atoms with Crippen LogP contribution in [0.1, 0.15) is 40.5 Å². The molecule has 1 aliphatic rings. The van der Waals surface area contributed by atoms with Crippen LogP contribution >= 0.6 is 39.1 Å². The fraction of sp³-hybridized carbons (Fsp3) is 0.455. The number of nitrogens with zero attached hydrogens (tertiary/aromatic N) is 4. The molecule has 1 aromatic carbocycles. The normalized spacial score (nSPS) is 16.2. The minimum absolute atomic E-state index is 0.354. The van der Waals surface area contributed by atoms with E-state index in [-0.39, 0.29) is 5.54 Å². The van der Waals surface area contributed by atoms with Crippen LogP contribution in [-0.2, 0) is 4.74 Å². The molecule has 11 heteroatoms. The maximum atomic E-state index is 12.2. The second-order valence-electron chi connectivity index (χ2n) is 9.38. The summed E-state index contributed by atoms with van der Waals surface area (Å²) < 4.78 is 6.03. The van der Waals surface area contributed by atoms with E-state index in [2.05, 4.69) is 36.3 Å². The van der Waals surface area contributed by atoms with Crippen molar-refractivity contribution in [2.24, 2.45) is 0 Å². The maximum absolute atomic E-state index is 12.2. The second kappa shape index (κ2) is 8.92. The van der Waals surface area contributed by atoms with Crippen LogP contribution in [0.4, 0.5) is 10.6 Å². The molecule has 0 unspecified atom stereocenters. The molecule has 176 valence electrons. The Morgan fingerprint density at radius 1 is 1.24 bits per heavy atom. The topological polar surface area (TPSA) is 96.0 Å². The van der Waals surface area contributed by atoms with Crippen molar-refractivity contribution in [3.8, 4) is 11.3 Å². The number of fused-ring (bicyclic) bond motifs is 1. The summed E-state index contributed by atoms with van der Waals surface area (Å²) in [6.45, 7) is 8.99. The van der Waals surface area contributed by atoms with Crippen molar-refractivity contribution >= 4 is 62.2 Å². The van der Waals surface area contributed by atoms with Gasteiger partial charge in [-0.15, -0.1) is 0 Å². The number of carbonyl (C=O) groups excluding carboxylic acids is 1. The Labute approximate surface area is 210 Å². The number of alkyl carbamates (subject to hydrolysis) is 1. The Morgan fingerprint density at radius 2 is 1.94 bits per heavy atom. The van der Waals surface area contributed by atoms with Crippen molar-refractivity contribution in [2.75, 3.05) is 18.0 Å². The van der Waals surface area contributed by atoms with Crippen LogP contribution in [-0.4, -0.2) is 50.5 Å². The van der Waals surface area contributed by atoms with Gasteiger partial charge in [0.15, 0.2) is 11.5 Å². The number of hydrogen-bond donors (Lipinski definition) is 2. The molecule has 0 atom stereocenters. The van der Waals surface area contributed by atoms with Gasteiger partial charge in [-0.2, -0.15) is 5.10 Å². The van der Waals surface area contributed by atoms with E-state index in [1.54, 1.807) is 6.07 Å². The Morgan fingerprint density at radius 3 is 2.61 bits per heavy atom. The molecule has 0 saturated carbocycles. The molecule has 0 aliphatic carbocycles. The third-order valence-electron chi connectivity index (χ3n) is 5.51. The molecule has 33 heavy (non-hydrogen) atoms. The highest BCUT2D eigenvalue weighted by Gasteiger charge is 2.34. The molecular weight excluding hydrogens is 531 g/mol. The van der Waals surface area contributed by atoms with Crippen LogP contribution in [0.15, 0.2) is 22.8 Å². The average Bonchev–Trinajstić information content (AvgIpc) is 3.11. The minimum atomic E-state index is -0.532. The van der Waals surface area contributed by atoms with E-state index in [0.29, 0.717) is 56.0 Å². The number of H-pyrrole nitrogens is 1. The van der Waals surface area contributed by atoms with Gasteiger partial charge in [-0.05, 0) is 62.5 Å². The first-order chi connectivity index (χ1) is 15.5. The number of rotatable bonds is 3. The Kier molecular flexibility index (Phi) is 6.50. The zero-order valence-electron chi connectivity index (χ0n) is 18.8. The number of nitrogens with one attached hydrogen (secondary N) is 2. The minimum Gasteiger partial charge on any atom is -0.444 e. The van der Waals surface area contributed by atoms with Crippen LogP contribution in [0.25, 0.3) is 22.4 Å². The standard InChI is InChI=1S/C22H25BrCl2N6O2/c1-21(2,3)33-20(32)28-22(4)8-10-31(11-9-22)19-17(23)26-16-15(29-30-18(16)27-19)12-6-5-7-13(24)14(12)25/h5-7H,8-11H2,1-4H3,(H,28,32)(H,27,29,30). The highest BCUT2D eigenvalue weighted by molar-refractivity contribution is 9.10. The Hall–Kier alpha value is -2.10. The number of hydrogen-bond acceptors (Lipinski definition) is 6. The van der Waals surface area contributed by atoms with Gasteiger partial charge >= 0.3 is 6.09 Å². The van der Waals surface area contributed by atoms with E-state index in [0.717, 1.165) is 12.8 Å². The maximum Gasteiger partial charge on any atom is 0.408 e. The third kappa shape index (κ3) is 5.20. The van der Waals surface area contributed by atoms with Gasteiger partial charge in [0, 0.05) is 24.2 Å². The predicted octanol–water partition coefficient (Wildman–Crippen LogP) is 5.97. The summed E-state index contributed by atoms with van der Waals surface area (Å²) in [5.74, 6) is 0.717. The number of anilines is 1. The van der Waals surface area contributed by atoms with Gasteiger partial charge in [0.1, 0.15) is 21.4 Å². The van der Waals surface area contributed by atoms with E-state index in [1.165, 1.54) is 0 Å². The Balaban J connectivity index is 1.53. The number of amides is 1. The lowest BCUT2D eigenvalue weighted by Gasteiger charge is -2.40. The first-order valence-electron chi connectivity index (χ1n) is 10.6. The molecule has 4 rings (SSSR count). The van der Waals surface area contributed by atoms with Crippen molar-refractivity contribution < 1.29 is 9.53 Å². The number of aromatic amines is 1. The molecule has 2 aromatic heterocycles. The van der Waals surface area contributed by atoms with E-state index in [1.807, 2.05) is 39.8 Å². The lowest BCUT2D eigenvalue weighted by molar-refractivity contribution is 0.0448. The van der Waals surface area contributed by atoms with Crippen molar-refractivity contribution in [2.45, 2.75) is 51.7 Å². The van der Waals surface area contributed by atoms with Crippen LogP contribution in [0, 0.1) is 0 Å². The quantitative estimate of drug-likeness (QED) is 0.413. The first-order valence-corrected chi connectivity index (χ1v) is 12.1. The lowest BCUT2D eigenvalue weighted by Crippen LogP contribution is -2.54. The second-order valence-corrected chi connectivity index (χ2v) is 10.9. The summed E-state index contributed by atoms with van der Waals surface area (Å²) >= 11 is 16.1. The van der Waals surface area contributed by atoms with Crippen LogP contribution < -0.4 is 10.2 Å². The summed E-state index contributed by atoms with van der Waals surface area (Å²) in [6.07, 6.45) is 1.08. The third-order valence-corrected chi connectivity index (χ3v) is 6.86. The summed E-state index contributed by atoms with van der Waals surface area (Å²) in [5.41, 5.74) is 1.54. The smallest absolute Gasteiger partial charge is 0.408 e. The molecule has 1 fully saturated rings. The summed E-state index contributed by atoms with van der Waals surface area (Å²) in [5, 5.41) is 11.2. The van der Waals surface area contributed by atoms with Crippen molar-refractivity contribution in [1.82, 2.24) is 25.5 Å². The Bertz CT molecular complexity index is 1200. The zero-order valence-corrected chi connectivity index (χ0v) is 21.9. The summed E-state index contributed by atoms with van der Waals surface area (Å²) in [4.78, 5) is 23.9. The highest BCUT2D eigenvalue weighted by Crippen LogP contribution is 2.37. The van der Waals surface area contributed by atoms with Gasteiger partial charge in [-0.1, -0.05) is 35.3 Å². The van der Waals surface area contributed by atoms with Crippen molar-refractivity contribution in [1.29, 1.82) is 0 Å². The van der Waals surface area contributed by atoms with E-state index < -0.39 is 11.7 Å². The van der Waals surface area contributed by atoms with Gasteiger partial charge < -0.3 is 15.0 Å². The number of piperidine rings is 1. The molecule has 3 aromatic rings. The largest absolute Gasteiger partial charge is 0.444 e. The van der Waals surface area contributed by atoms with Gasteiger partial charge in [0.2, 0.25) is 0 Å². The summed E-state index contributed by atoms with van der Waals surface area (Å²) in [6, 6.07) is 5.39. The highest BCUT2D eigenvalue weighted by atomic mass is 79.9. The monoisotopic (exact) mass is 554 g/mol. The average molecular weight is 556 g/mol. The van der Waals surface area contributed by atoms with Crippen LogP contribution in [0.3, 0.4) is 0 Å². The molecule has 1 aliphatic heterocycles. The molecule has 0 radical (unpaired) electrons. The number of benzene rings is 1. The molecule has 0 spiro atoms. The molecule has 3 heterocycles. The van der Waals surface area contributed by atoms with Gasteiger partial charge in [-0.25, -0.2) is 14.8 Å². The molecule has 1 amide bonds. The van der Waals surface area contributed by atoms with Crippen molar-refractivity contribution in [3.05, 3.63) is 32.8 Å². The van der Waals surface area contributed by atoms with Gasteiger partial charge in [0.25, 0.3) is 0 Å². The van der Waals surface area contributed by atoms with Crippen LogP contribution in [0.2, 0.25) is 10.0 Å².